The van der Waals surface area contributed by atoms with Crippen molar-refractivity contribution in [3.8, 4) is 11.4 Å². The molecule has 0 saturated carbocycles. The van der Waals surface area contributed by atoms with Gasteiger partial charge in [-0.3, -0.25) is 9.36 Å². The van der Waals surface area contributed by atoms with Crippen molar-refractivity contribution >= 4 is 39.8 Å². The molecule has 0 spiro atoms. The van der Waals surface area contributed by atoms with Gasteiger partial charge in [-0.15, -0.1) is 10.2 Å². The summed E-state index contributed by atoms with van der Waals surface area (Å²) in [7, 11) is 0. The molecule has 8 heteroatoms. The molecule has 4 aromatic carbocycles. The first-order valence-electron chi connectivity index (χ1n) is 12.5. The zero-order valence-corrected chi connectivity index (χ0v) is 22.1. The minimum absolute atomic E-state index is 0.0944. The molecular weight excluding hydrogens is 494 g/mol. The second kappa shape index (κ2) is 11.8. The van der Waals surface area contributed by atoms with Gasteiger partial charge in [-0.05, 0) is 61.7 Å². The van der Waals surface area contributed by atoms with Crippen molar-refractivity contribution in [3.63, 3.8) is 0 Å². The minimum Gasteiger partial charge on any atom is -0.494 e. The van der Waals surface area contributed by atoms with E-state index in [1.54, 1.807) is 0 Å². The van der Waals surface area contributed by atoms with Crippen LogP contribution >= 0.6 is 11.8 Å². The molecule has 5 rings (SSSR count). The predicted molar refractivity (Wildman–Crippen MR) is 154 cm³/mol. The van der Waals surface area contributed by atoms with Gasteiger partial charge in [-0.25, -0.2) is 0 Å². The lowest BCUT2D eigenvalue weighted by atomic mass is 10.1. The van der Waals surface area contributed by atoms with Crippen molar-refractivity contribution in [3.05, 3.63) is 103 Å². The Balaban J connectivity index is 1.34. The molecule has 1 amide bonds. The number of anilines is 2. The molecule has 0 radical (unpaired) electrons. The number of amides is 1. The Morgan fingerprint density at radius 1 is 0.921 bits per heavy atom. The Labute approximate surface area is 226 Å². The van der Waals surface area contributed by atoms with Crippen LogP contribution in [0.1, 0.15) is 19.7 Å². The van der Waals surface area contributed by atoms with Crippen LogP contribution in [0.15, 0.2) is 102 Å². The first kappa shape index (κ1) is 25.4. The summed E-state index contributed by atoms with van der Waals surface area (Å²) >= 11 is 1.38. The van der Waals surface area contributed by atoms with Crippen molar-refractivity contribution in [1.29, 1.82) is 0 Å². The van der Waals surface area contributed by atoms with E-state index in [0.29, 0.717) is 18.3 Å². The number of hydrogen-bond acceptors (Lipinski definition) is 6. The average molecular weight is 524 g/mol. The number of para-hydroxylation sites is 1. The number of thioether (sulfide) groups is 1. The fourth-order valence-corrected chi connectivity index (χ4v) is 5.01. The van der Waals surface area contributed by atoms with Crippen molar-refractivity contribution in [1.82, 2.24) is 14.8 Å². The fourth-order valence-electron chi connectivity index (χ4n) is 4.12. The van der Waals surface area contributed by atoms with Crippen molar-refractivity contribution in [2.75, 3.05) is 17.2 Å². The highest BCUT2D eigenvalue weighted by Crippen LogP contribution is 2.29. The smallest absolute Gasteiger partial charge is 0.237 e. The fraction of sp³-hybridized carbons (Fsp3) is 0.167. The molecule has 0 bridgehead atoms. The SMILES string of the molecule is CCOc1ccc(NCc2nnc(SC(C)C(=O)Nc3cccc4ccccc34)n2-c2ccccc2)cc1. The molecule has 5 aromatic rings. The van der Waals surface area contributed by atoms with Crippen LogP contribution in [0.4, 0.5) is 11.4 Å². The topological polar surface area (TPSA) is 81.1 Å². The van der Waals surface area contributed by atoms with Gasteiger partial charge in [0.1, 0.15) is 5.75 Å². The first-order valence-corrected chi connectivity index (χ1v) is 13.4. The first-order chi connectivity index (χ1) is 18.6. The largest absolute Gasteiger partial charge is 0.494 e. The molecule has 0 saturated heterocycles. The maximum absolute atomic E-state index is 13.2. The standard InChI is InChI=1S/C30H29N5O2S/c1-3-37-25-18-16-23(17-19-25)31-20-28-33-34-30(35(28)24-12-5-4-6-13-24)38-21(2)29(36)32-27-15-9-11-22-10-7-8-14-26(22)27/h4-19,21,31H,3,20H2,1-2H3,(H,32,36). The molecule has 1 atom stereocenters. The van der Waals surface area contributed by atoms with Crippen LogP contribution in [-0.2, 0) is 11.3 Å². The lowest BCUT2D eigenvalue weighted by Gasteiger charge is -2.15. The summed E-state index contributed by atoms with van der Waals surface area (Å²) in [6.07, 6.45) is 0. The molecule has 0 aliphatic heterocycles. The quantitative estimate of drug-likeness (QED) is 0.202. The molecule has 2 N–H and O–H groups in total. The number of benzene rings is 4. The number of aromatic nitrogens is 3. The number of ether oxygens (including phenoxy) is 1. The average Bonchev–Trinajstić information content (AvgIpc) is 3.35. The van der Waals surface area contributed by atoms with E-state index in [-0.39, 0.29) is 5.91 Å². The number of fused-ring (bicyclic) bond motifs is 1. The normalized spacial score (nSPS) is 11.7. The molecule has 1 unspecified atom stereocenters. The van der Waals surface area contributed by atoms with Gasteiger partial charge >= 0.3 is 0 Å². The maximum atomic E-state index is 13.2. The molecule has 38 heavy (non-hydrogen) atoms. The molecular formula is C30H29N5O2S. The van der Waals surface area contributed by atoms with Crippen LogP contribution < -0.4 is 15.4 Å². The summed E-state index contributed by atoms with van der Waals surface area (Å²) in [5.41, 5.74) is 2.68. The molecule has 0 fully saturated rings. The number of carbonyl (C=O) groups excluding carboxylic acids is 1. The molecule has 0 aliphatic carbocycles. The highest BCUT2D eigenvalue weighted by atomic mass is 32.2. The summed E-state index contributed by atoms with van der Waals surface area (Å²) in [4.78, 5) is 13.2. The highest BCUT2D eigenvalue weighted by Gasteiger charge is 2.21. The Hall–Kier alpha value is -4.30. The summed E-state index contributed by atoms with van der Waals surface area (Å²) in [5.74, 6) is 1.48. The molecule has 1 heterocycles. The van der Waals surface area contributed by atoms with E-state index in [0.717, 1.165) is 39.4 Å². The van der Waals surface area contributed by atoms with E-state index in [9.17, 15) is 4.79 Å². The van der Waals surface area contributed by atoms with E-state index in [2.05, 4.69) is 20.8 Å². The Bertz CT molecular complexity index is 1510. The van der Waals surface area contributed by atoms with Gasteiger partial charge in [0.25, 0.3) is 0 Å². The van der Waals surface area contributed by atoms with E-state index in [4.69, 9.17) is 4.74 Å². The second-order valence-corrected chi connectivity index (χ2v) is 9.96. The third-order valence-electron chi connectivity index (χ3n) is 6.03. The van der Waals surface area contributed by atoms with Crippen LogP contribution in [0.2, 0.25) is 0 Å². The Morgan fingerprint density at radius 2 is 1.66 bits per heavy atom. The van der Waals surface area contributed by atoms with Gasteiger partial charge in [-0.2, -0.15) is 0 Å². The molecule has 192 valence electrons. The van der Waals surface area contributed by atoms with Crippen molar-refractivity contribution < 1.29 is 9.53 Å². The summed E-state index contributed by atoms with van der Waals surface area (Å²) in [6.45, 7) is 4.94. The van der Waals surface area contributed by atoms with Gasteiger partial charge in [0.15, 0.2) is 11.0 Å². The highest BCUT2D eigenvalue weighted by molar-refractivity contribution is 8.00. The monoisotopic (exact) mass is 523 g/mol. The van der Waals surface area contributed by atoms with Crippen LogP contribution in [0.5, 0.6) is 5.75 Å². The number of carbonyl (C=O) groups is 1. The summed E-state index contributed by atoms with van der Waals surface area (Å²) in [6, 6.07) is 31.7. The van der Waals surface area contributed by atoms with E-state index >= 15 is 0 Å². The third-order valence-corrected chi connectivity index (χ3v) is 7.07. The van der Waals surface area contributed by atoms with E-state index in [1.165, 1.54) is 11.8 Å². The van der Waals surface area contributed by atoms with E-state index < -0.39 is 5.25 Å². The van der Waals surface area contributed by atoms with Crippen LogP contribution in [0.3, 0.4) is 0 Å². The minimum atomic E-state index is -0.396. The number of hydrogen-bond donors (Lipinski definition) is 2. The summed E-state index contributed by atoms with van der Waals surface area (Å²) in [5, 5.41) is 17.8. The van der Waals surface area contributed by atoms with Crippen LogP contribution in [0, 0.1) is 0 Å². The lowest BCUT2D eigenvalue weighted by Crippen LogP contribution is -2.23. The number of nitrogens with zero attached hydrogens (tertiary/aromatic N) is 3. The summed E-state index contributed by atoms with van der Waals surface area (Å²) < 4.78 is 7.52. The van der Waals surface area contributed by atoms with Gasteiger partial charge < -0.3 is 15.4 Å². The Kier molecular flexibility index (Phi) is 7.89. The predicted octanol–water partition coefficient (Wildman–Crippen LogP) is 6.55. The van der Waals surface area contributed by atoms with Crippen LogP contribution in [-0.4, -0.2) is 32.5 Å². The molecule has 0 aliphatic rings. The van der Waals surface area contributed by atoms with Gasteiger partial charge in [0.2, 0.25) is 5.91 Å². The lowest BCUT2D eigenvalue weighted by molar-refractivity contribution is -0.115. The zero-order valence-electron chi connectivity index (χ0n) is 21.3. The second-order valence-electron chi connectivity index (χ2n) is 8.66. The molecule has 7 nitrogen and oxygen atoms in total. The maximum Gasteiger partial charge on any atom is 0.237 e. The number of nitrogens with one attached hydrogen (secondary N) is 2. The van der Waals surface area contributed by atoms with Gasteiger partial charge in [0.05, 0.1) is 18.4 Å². The van der Waals surface area contributed by atoms with Gasteiger partial charge in [-0.1, -0.05) is 66.4 Å². The van der Waals surface area contributed by atoms with Crippen LogP contribution in [0.25, 0.3) is 16.5 Å². The molecule has 1 aromatic heterocycles. The van der Waals surface area contributed by atoms with Crippen molar-refractivity contribution in [2.24, 2.45) is 0 Å². The third kappa shape index (κ3) is 5.81. The Morgan fingerprint density at radius 3 is 2.45 bits per heavy atom. The number of rotatable bonds is 10. The van der Waals surface area contributed by atoms with E-state index in [1.807, 2.05) is 115 Å². The van der Waals surface area contributed by atoms with Crippen molar-refractivity contribution in [2.45, 2.75) is 30.8 Å². The van der Waals surface area contributed by atoms with Gasteiger partial charge in [0, 0.05) is 22.4 Å². The zero-order chi connectivity index (χ0) is 26.3.